The fourth-order valence-corrected chi connectivity index (χ4v) is 1.52. The lowest BCUT2D eigenvalue weighted by Gasteiger charge is -2.11. The van der Waals surface area contributed by atoms with Crippen LogP contribution in [0.3, 0.4) is 0 Å². The molecule has 2 N–H and O–H groups in total. The van der Waals surface area contributed by atoms with Crippen molar-refractivity contribution in [3.05, 3.63) is 29.8 Å². The van der Waals surface area contributed by atoms with E-state index in [0.29, 0.717) is 6.61 Å². The number of amides is 1. The first-order chi connectivity index (χ1) is 9.09. The summed E-state index contributed by atoms with van der Waals surface area (Å²) >= 11 is 0. The van der Waals surface area contributed by atoms with Crippen LogP contribution in [-0.2, 0) is 4.79 Å². The molecule has 0 bridgehead atoms. The third-order valence-corrected chi connectivity index (χ3v) is 2.40. The SMILES string of the molecule is CN(C)CCCOc1ccccc1C=NCC(N)=O. The van der Waals surface area contributed by atoms with Gasteiger partial charge in [-0.1, -0.05) is 12.1 Å². The topological polar surface area (TPSA) is 67.9 Å². The van der Waals surface area contributed by atoms with Gasteiger partial charge in [-0.25, -0.2) is 0 Å². The number of ether oxygens (including phenoxy) is 1. The van der Waals surface area contributed by atoms with Gasteiger partial charge in [0.1, 0.15) is 12.3 Å². The van der Waals surface area contributed by atoms with Crippen molar-refractivity contribution in [3.8, 4) is 5.75 Å². The number of nitrogens with two attached hydrogens (primary N) is 1. The van der Waals surface area contributed by atoms with Gasteiger partial charge in [0.25, 0.3) is 0 Å². The Hall–Kier alpha value is -1.88. The minimum absolute atomic E-state index is 0.00500. The first-order valence-corrected chi connectivity index (χ1v) is 6.24. The molecule has 0 saturated heterocycles. The van der Waals surface area contributed by atoms with Crippen molar-refractivity contribution in [2.45, 2.75) is 6.42 Å². The van der Waals surface area contributed by atoms with E-state index < -0.39 is 5.91 Å². The summed E-state index contributed by atoms with van der Waals surface area (Å²) < 4.78 is 5.71. The van der Waals surface area contributed by atoms with Crippen LogP contribution in [-0.4, -0.2) is 50.8 Å². The van der Waals surface area contributed by atoms with E-state index >= 15 is 0 Å². The highest BCUT2D eigenvalue weighted by Crippen LogP contribution is 2.16. The summed E-state index contributed by atoms with van der Waals surface area (Å²) in [4.78, 5) is 16.7. The van der Waals surface area contributed by atoms with Gasteiger partial charge < -0.3 is 15.4 Å². The second kappa shape index (κ2) is 8.26. The lowest BCUT2D eigenvalue weighted by molar-refractivity contribution is -0.116. The van der Waals surface area contributed by atoms with E-state index in [-0.39, 0.29) is 6.54 Å². The van der Waals surface area contributed by atoms with Crippen LogP contribution in [0.2, 0.25) is 0 Å². The number of benzene rings is 1. The zero-order valence-electron chi connectivity index (χ0n) is 11.5. The minimum Gasteiger partial charge on any atom is -0.493 e. The van der Waals surface area contributed by atoms with Crippen molar-refractivity contribution in [2.24, 2.45) is 10.7 Å². The van der Waals surface area contributed by atoms with Gasteiger partial charge in [0.05, 0.1) is 6.61 Å². The maximum Gasteiger partial charge on any atom is 0.239 e. The molecule has 104 valence electrons. The smallest absolute Gasteiger partial charge is 0.239 e. The highest BCUT2D eigenvalue weighted by atomic mass is 16.5. The van der Waals surface area contributed by atoms with Crippen molar-refractivity contribution in [1.82, 2.24) is 4.90 Å². The molecule has 0 saturated carbocycles. The van der Waals surface area contributed by atoms with Gasteiger partial charge >= 0.3 is 0 Å². The van der Waals surface area contributed by atoms with Gasteiger partial charge in [0.15, 0.2) is 0 Å². The number of hydrogen-bond acceptors (Lipinski definition) is 4. The van der Waals surface area contributed by atoms with Crippen LogP contribution in [0.1, 0.15) is 12.0 Å². The Morgan fingerprint density at radius 2 is 2.16 bits per heavy atom. The van der Waals surface area contributed by atoms with Gasteiger partial charge in [0.2, 0.25) is 5.91 Å². The zero-order valence-corrected chi connectivity index (χ0v) is 11.5. The predicted octanol–water partition coefficient (Wildman–Crippen LogP) is 0.921. The molecule has 5 heteroatoms. The molecule has 0 fully saturated rings. The minimum atomic E-state index is -0.444. The fraction of sp³-hybridized carbons (Fsp3) is 0.429. The van der Waals surface area contributed by atoms with Crippen LogP contribution in [0.4, 0.5) is 0 Å². The molecule has 1 amide bonds. The zero-order chi connectivity index (χ0) is 14.1. The number of para-hydroxylation sites is 1. The second-order valence-corrected chi connectivity index (χ2v) is 4.48. The van der Waals surface area contributed by atoms with Crippen LogP contribution < -0.4 is 10.5 Å². The van der Waals surface area contributed by atoms with Crippen LogP contribution >= 0.6 is 0 Å². The fourth-order valence-electron chi connectivity index (χ4n) is 1.52. The maximum absolute atomic E-state index is 10.6. The second-order valence-electron chi connectivity index (χ2n) is 4.48. The van der Waals surface area contributed by atoms with E-state index in [1.54, 1.807) is 6.21 Å². The molecule has 0 atom stereocenters. The molecule has 0 unspecified atom stereocenters. The monoisotopic (exact) mass is 263 g/mol. The molecule has 0 spiro atoms. The largest absolute Gasteiger partial charge is 0.493 e. The number of hydrogen-bond donors (Lipinski definition) is 1. The van der Waals surface area contributed by atoms with E-state index in [0.717, 1.165) is 24.3 Å². The van der Waals surface area contributed by atoms with Crippen molar-refractivity contribution in [3.63, 3.8) is 0 Å². The summed E-state index contributed by atoms with van der Waals surface area (Å²) in [5.74, 6) is 0.329. The Morgan fingerprint density at radius 3 is 2.84 bits per heavy atom. The predicted molar refractivity (Wildman–Crippen MR) is 76.8 cm³/mol. The Morgan fingerprint density at radius 1 is 1.42 bits per heavy atom. The van der Waals surface area contributed by atoms with Gasteiger partial charge in [-0.2, -0.15) is 0 Å². The highest BCUT2D eigenvalue weighted by molar-refractivity contribution is 5.86. The molecular formula is C14H21N3O2. The van der Waals surface area contributed by atoms with E-state index in [4.69, 9.17) is 10.5 Å². The van der Waals surface area contributed by atoms with Gasteiger partial charge in [0, 0.05) is 18.3 Å². The Labute approximate surface area is 114 Å². The Kier molecular flexibility index (Phi) is 6.60. The summed E-state index contributed by atoms with van der Waals surface area (Å²) in [6.45, 7) is 1.63. The molecule has 1 aromatic rings. The summed E-state index contributed by atoms with van der Waals surface area (Å²) in [6.07, 6.45) is 2.58. The summed E-state index contributed by atoms with van der Waals surface area (Å²) in [7, 11) is 4.06. The van der Waals surface area contributed by atoms with E-state index in [1.807, 2.05) is 38.4 Å². The Bertz CT molecular complexity index is 430. The lowest BCUT2D eigenvalue weighted by Crippen LogP contribution is -2.16. The summed E-state index contributed by atoms with van der Waals surface area (Å²) in [6, 6.07) is 7.60. The molecule has 0 aliphatic heterocycles. The average molecular weight is 263 g/mol. The first kappa shape index (κ1) is 15.2. The highest BCUT2D eigenvalue weighted by Gasteiger charge is 2.00. The molecule has 0 aliphatic rings. The van der Waals surface area contributed by atoms with Crippen molar-refractivity contribution in [1.29, 1.82) is 0 Å². The molecule has 5 nitrogen and oxygen atoms in total. The first-order valence-electron chi connectivity index (χ1n) is 6.24. The summed E-state index contributed by atoms with van der Waals surface area (Å²) in [5.41, 5.74) is 5.89. The van der Waals surface area contributed by atoms with Crippen LogP contribution in [0, 0.1) is 0 Å². The van der Waals surface area contributed by atoms with Crippen molar-refractivity contribution in [2.75, 3.05) is 33.8 Å². The van der Waals surface area contributed by atoms with Crippen LogP contribution in [0.15, 0.2) is 29.3 Å². The molecule has 19 heavy (non-hydrogen) atoms. The molecular weight excluding hydrogens is 242 g/mol. The normalized spacial score (nSPS) is 11.1. The van der Waals surface area contributed by atoms with Crippen LogP contribution in [0.25, 0.3) is 0 Å². The maximum atomic E-state index is 10.6. The quantitative estimate of drug-likeness (QED) is 0.560. The lowest BCUT2D eigenvalue weighted by atomic mass is 10.2. The van der Waals surface area contributed by atoms with Gasteiger partial charge in [-0.05, 0) is 32.6 Å². The van der Waals surface area contributed by atoms with E-state index in [2.05, 4.69) is 9.89 Å². The van der Waals surface area contributed by atoms with Crippen LogP contribution in [0.5, 0.6) is 5.75 Å². The van der Waals surface area contributed by atoms with Crippen molar-refractivity contribution < 1.29 is 9.53 Å². The third kappa shape index (κ3) is 6.57. The molecule has 0 heterocycles. The van der Waals surface area contributed by atoms with E-state index in [9.17, 15) is 4.79 Å². The number of aliphatic imine (C=N–C) groups is 1. The van der Waals surface area contributed by atoms with E-state index in [1.165, 1.54) is 0 Å². The van der Waals surface area contributed by atoms with Crippen molar-refractivity contribution >= 4 is 12.1 Å². The van der Waals surface area contributed by atoms with Gasteiger partial charge in [-0.3, -0.25) is 9.79 Å². The number of primary amides is 1. The number of nitrogens with zero attached hydrogens (tertiary/aromatic N) is 2. The Balaban J connectivity index is 2.53. The molecule has 0 radical (unpaired) electrons. The number of rotatable bonds is 8. The molecule has 1 rings (SSSR count). The molecule has 0 aromatic heterocycles. The van der Waals surface area contributed by atoms with Gasteiger partial charge in [-0.15, -0.1) is 0 Å². The third-order valence-electron chi connectivity index (χ3n) is 2.40. The molecule has 1 aromatic carbocycles. The standard InChI is InChI=1S/C14H21N3O2/c1-17(2)8-5-9-19-13-7-4-3-6-12(13)10-16-11-14(15)18/h3-4,6-7,10H,5,8-9,11H2,1-2H3,(H2,15,18). The summed E-state index contributed by atoms with van der Waals surface area (Å²) in [5, 5.41) is 0. The average Bonchev–Trinajstić information content (AvgIpc) is 2.35. The number of carbonyl (C=O) groups excluding carboxylic acids is 1. The number of carbonyl (C=O) groups is 1. The molecule has 0 aliphatic carbocycles.